The molecule has 1 amide bonds. The molecular weight excluding hydrogens is 364 g/mol. The number of hydrogen-bond donors (Lipinski definition) is 4. The number of hydrogen-bond acceptors (Lipinski definition) is 5. The number of ether oxygens (including phenoxy) is 1. The molecule has 0 saturated heterocycles. The van der Waals surface area contributed by atoms with Gasteiger partial charge in [0.1, 0.15) is 5.75 Å². The zero-order valence-electron chi connectivity index (χ0n) is 17.2. The first-order valence-corrected chi connectivity index (χ1v) is 10.7. The lowest BCUT2D eigenvalue weighted by Crippen LogP contribution is -2.48. The van der Waals surface area contributed by atoms with E-state index in [4.69, 9.17) is 21.9 Å². The Hall–Kier alpha value is -2.15. The van der Waals surface area contributed by atoms with Crippen LogP contribution < -0.4 is 27.3 Å². The Kier molecular flexibility index (Phi) is 10.5. The van der Waals surface area contributed by atoms with Gasteiger partial charge < -0.3 is 27.3 Å². The van der Waals surface area contributed by atoms with Crippen molar-refractivity contribution in [1.82, 2.24) is 5.32 Å². The maximum absolute atomic E-state index is 11.8. The van der Waals surface area contributed by atoms with Crippen molar-refractivity contribution in [3.8, 4) is 5.75 Å². The summed E-state index contributed by atoms with van der Waals surface area (Å²) < 4.78 is 5.21. The van der Waals surface area contributed by atoms with Gasteiger partial charge in [-0.15, -0.1) is 0 Å². The van der Waals surface area contributed by atoms with Crippen LogP contribution in [0.1, 0.15) is 51.4 Å². The van der Waals surface area contributed by atoms with E-state index in [1.807, 2.05) is 18.2 Å². The fraction of sp³-hybridized carbons (Fsp3) is 0.522. The predicted molar refractivity (Wildman–Crippen MR) is 119 cm³/mol. The topological polar surface area (TPSA) is 116 Å². The fourth-order valence-corrected chi connectivity index (χ4v) is 3.41. The predicted octanol–water partition coefficient (Wildman–Crippen LogP) is 3.37. The van der Waals surface area contributed by atoms with Crippen molar-refractivity contribution in [2.45, 2.75) is 75.5 Å². The van der Waals surface area contributed by atoms with E-state index in [0.29, 0.717) is 5.75 Å². The minimum absolute atomic E-state index is 0.0201. The van der Waals surface area contributed by atoms with Crippen molar-refractivity contribution in [3.05, 3.63) is 54.6 Å². The van der Waals surface area contributed by atoms with E-state index >= 15 is 0 Å². The fourth-order valence-electron chi connectivity index (χ4n) is 3.41. The summed E-state index contributed by atoms with van der Waals surface area (Å²) in [6.45, 7) is 0. The lowest BCUT2D eigenvalue weighted by molar-refractivity contribution is 0.192. The number of nitrogens with one attached hydrogen (secondary N) is 1. The van der Waals surface area contributed by atoms with Gasteiger partial charge in [0.2, 0.25) is 0 Å². The summed E-state index contributed by atoms with van der Waals surface area (Å²) in [6, 6.07) is 9.41. The zero-order chi connectivity index (χ0) is 20.9. The van der Waals surface area contributed by atoms with Crippen LogP contribution in [0, 0.1) is 0 Å². The van der Waals surface area contributed by atoms with Gasteiger partial charge in [-0.2, -0.15) is 0 Å². The minimum atomic E-state index is -0.434. The van der Waals surface area contributed by atoms with Crippen molar-refractivity contribution >= 4 is 6.09 Å². The Balaban J connectivity index is 0.000000253. The third-order valence-electron chi connectivity index (χ3n) is 5.30. The molecule has 6 heteroatoms. The van der Waals surface area contributed by atoms with Crippen LogP contribution in [0.15, 0.2) is 54.6 Å². The van der Waals surface area contributed by atoms with Gasteiger partial charge in [-0.25, -0.2) is 4.79 Å². The van der Waals surface area contributed by atoms with Crippen molar-refractivity contribution in [1.29, 1.82) is 0 Å². The monoisotopic (exact) mass is 400 g/mol. The summed E-state index contributed by atoms with van der Waals surface area (Å²) in [5.41, 5.74) is 17.7. The number of allylic oxidation sites excluding steroid dienone is 4. The molecule has 0 bridgehead atoms. The standard InChI is InChI=1S/C15H20N2O2.C8H16N2/c16-13-10-6-1-2-7-11-14(13)17-15(18)19-12-8-4-3-5-9-12;9-7-5-3-1-2-4-6-8(7)10/h1-5,8-9,13-14H,6-7,10-11,16H2,(H,17,18);1-2,7-8H,3-6,9-10H2/b2*2-1+. The number of carbonyl (C=O) groups excluding carboxylic acids is 1. The lowest BCUT2D eigenvalue weighted by atomic mass is 9.96. The molecule has 0 heterocycles. The number of benzene rings is 1. The van der Waals surface area contributed by atoms with E-state index in [2.05, 4.69) is 29.6 Å². The van der Waals surface area contributed by atoms with Crippen LogP contribution in [-0.4, -0.2) is 30.3 Å². The van der Waals surface area contributed by atoms with E-state index in [-0.39, 0.29) is 24.2 Å². The van der Waals surface area contributed by atoms with Crippen LogP contribution in [0.4, 0.5) is 4.79 Å². The average molecular weight is 401 g/mol. The molecule has 1 aromatic rings. The third-order valence-corrected chi connectivity index (χ3v) is 5.30. The number of carbonyl (C=O) groups is 1. The number of nitrogens with two attached hydrogens (primary N) is 3. The molecule has 160 valence electrons. The molecule has 4 unspecified atom stereocenters. The number of para-hydroxylation sites is 1. The molecule has 4 atom stereocenters. The molecule has 2 aliphatic rings. The third kappa shape index (κ3) is 9.26. The van der Waals surface area contributed by atoms with Gasteiger partial charge in [-0.3, -0.25) is 0 Å². The van der Waals surface area contributed by atoms with Gasteiger partial charge in [-0.1, -0.05) is 42.5 Å². The molecule has 2 aliphatic carbocycles. The van der Waals surface area contributed by atoms with Gasteiger partial charge >= 0.3 is 6.09 Å². The minimum Gasteiger partial charge on any atom is -0.410 e. The first-order chi connectivity index (χ1) is 14.1. The largest absolute Gasteiger partial charge is 0.412 e. The quantitative estimate of drug-likeness (QED) is 0.568. The van der Waals surface area contributed by atoms with Crippen molar-refractivity contribution < 1.29 is 9.53 Å². The second kappa shape index (κ2) is 13.1. The molecule has 3 rings (SSSR count). The first-order valence-electron chi connectivity index (χ1n) is 10.7. The number of rotatable bonds is 2. The highest BCUT2D eigenvalue weighted by atomic mass is 16.6. The van der Waals surface area contributed by atoms with E-state index in [9.17, 15) is 4.79 Å². The first kappa shape index (κ1) is 23.1. The van der Waals surface area contributed by atoms with Crippen molar-refractivity contribution in [2.24, 2.45) is 17.2 Å². The Bertz CT molecular complexity index is 634. The Morgan fingerprint density at radius 2 is 1.24 bits per heavy atom. The van der Waals surface area contributed by atoms with Gasteiger partial charge in [0.25, 0.3) is 0 Å². The zero-order valence-corrected chi connectivity index (χ0v) is 17.2. The maximum Gasteiger partial charge on any atom is 0.412 e. The Morgan fingerprint density at radius 1 is 0.759 bits per heavy atom. The number of amides is 1. The highest BCUT2D eigenvalue weighted by Crippen LogP contribution is 2.13. The smallest absolute Gasteiger partial charge is 0.410 e. The highest BCUT2D eigenvalue weighted by Gasteiger charge is 2.20. The lowest BCUT2D eigenvalue weighted by Gasteiger charge is -2.25. The summed E-state index contributed by atoms with van der Waals surface area (Å²) in [5.74, 6) is 0.541. The molecule has 0 saturated carbocycles. The molecule has 1 aromatic carbocycles. The SMILES string of the molecule is NC1CC/C=C/CCC1N.NC1CC/C=C/CCC1NC(=O)Oc1ccccc1. The Morgan fingerprint density at radius 3 is 1.79 bits per heavy atom. The molecule has 0 fully saturated rings. The van der Waals surface area contributed by atoms with E-state index in [1.54, 1.807) is 12.1 Å². The second-order valence-electron chi connectivity index (χ2n) is 7.70. The van der Waals surface area contributed by atoms with Crippen LogP contribution in [0.25, 0.3) is 0 Å². The molecular formula is C23H36N4O2. The summed E-state index contributed by atoms with van der Waals surface area (Å²) in [6.07, 6.45) is 16.2. The highest BCUT2D eigenvalue weighted by molar-refractivity contribution is 5.70. The molecule has 7 N–H and O–H groups in total. The van der Waals surface area contributed by atoms with Gasteiger partial charge in [0.05, 0.1) is 0 Å². The van der Waals surface area contributed by atoms with Crippen LogP contribution in [-0.2, 0) is 0 Å². The average Bonchev–Trinajstić information content (AvgIpc) is 2.70. The molecule has 0 spiro atoms. The molecule has 29 heavy (non-hydrogen) atoms. The summed E-state index contributed by atoms with van der Waals surface area (Å²) in [5, 5.41) is 2.86. The van der Waals surface area contributed by atoms with Crippen LogP contribution in [0.2, 0.25) is 0 Å². The van der Waals surface area contributed by atoms with Crippen molar-refractivity contribution in [2.75, 3.05) is 0 Å². The Labute approximate surface area is 174 Å². The van der Waals surface area contributed by atoms with Crippen LogP contribution in [0.5, 0.6) is 5.75 Å². The van der Waals surface area contributed by atoms with Crippen LogP contribution in [0.3, 0.4) is 0 Å². The molecule has 6 nitrogen and oxygen atoms in total. The van der Waals surface area contributed by atoms with E-state index in [1.165, 1.54) is 0 Å². The van der Waals surface area contributed by atoms with Gasteiger partial charge in [-0.05, 0) is 63.5 Å². The summed E-state index contributed by atoms with van der Waals surface area (Å²) in [4.78, 5) is 11.8. The van der Waals surface area contributed by atoms with Crippen LogP contribution >= 0.6 is 0 Å². The van der Waals surface area contributed by atoms with Crippen molar-refractivity contribution in [3.63, 3.8) is 0 Å². The van der Waals surface area contributed by atoms with E-state index < -0.39 is 6.09 Å². The van der Waals surface area contributed by atoms with Gasteiger partial charge in [0.15, 0.2) is 0 Å². The second-order valence-corrected chi connectivity index (χ2v) is 7.70. The molecule has 0 radical (unpaired) electrons. The molecule has 0 aromatic heterocycles. The van der Waals surface area contributed by atoms with Gasteiger partial charge in [0, 0.05) is 24.2 Å². The molecule has 0 aliphatic heterocycles. The normalized spacial score (nSPS) is 29.5. The van der Waals surface area contributed by atoms with E-state index in [0.717, 1.165) is 51.4 Å². The maximum atomic E-state index is 11.8. The summed E-state index contributed by atoms with van der Waals surface area (Å²) >= 11 is 0. The summed E-state index contributed by atoms with van der Waals surface area (Å²) in [7, 11) is 0.